The molecule has 7 aromatic carbocycles. The third-order valence-corrected chi connectivity index (χ3v) is 7.77. The van der Waals surface area contributed by atoms with Gasteiger partial charge < -0.3 is 0 Å². The van der Waals surface area contributed by atoms with Crippen LogP contribution in [0.15, 0.2) is 121 Å². The lowest BCUT2D eigenvalue weighted by atomic mass is 9.80. The largest absolute Gasteiger partial charge is 0.0636 e. The third kappa shape index (κ3) is 2.84. The zero-order chi connectivity index (χ0) is 34.3. The molecule has 0 saturated heterocycles. The lowest BCUT2D eigenvalue weighted by molar-refractivity contribution is 0.661. The predicted molar refractivity (Wildman–Crippen MR) is 159 cm³/mol. The van der Waals surface area contributed by atoms with E-state index in [1.807, 2.05) is 30.3 Å². The summed E-state index contributed by atoms with van der Waals surface area (Å²) in [6.45, 7) is 4.24. The van der Waals surface area contributed by atoms with E-state index in [1.54, 1.807) is 0 Å². The van der Waals surface area contributed by atoms with E-state index in [2.05, 4.69) is 38.1 Å². The minimum absolute atomic E-state index is 0.0191. The molecule has 174 valence electrons. The van der Waals surface area contributed by atoms with Crippen molar-refractivity contribution >= 4 is 43.1 Å². The van der Waals surface area contributed by atoms with Crippen molar-refractivity contribution in [1.82, 2.24) is 0 Å². The van der Waals surface area contributed by atoms with Crippen molar-refractivity contribution in [2.45, 2.75) is 19.3 Å². The van der Waals surface area contributed by atoms with Crippen LogP contribution >= 0.6 is 0 Å². The molecule has 1 aliphatic carbocycles. The van der Waals surface area contributed by atoms with Crippen molar-refractivity contribution in [2.24, 2.45) is 0 Å². The van der Waals surface area contributed by atoms with E-state index in [0.29, 0.717) is 5.56 Å². The van der Waals surface area contributed by atoms with Gasteiger partial charge >= 0.3 is 0 Å². The van der Waals surface area contributed by atoms with Crippen molar-refractivity contribution in [1.29, 1.82) is 0 Å². The van der Waals surface area contributed by atoms with Crippen molar-refractivity contribution in [3.05, 3.63) is 132 Å². The first-order valence-corrected chi connectivity index (χ1v) is 12.2. The first-order valence-electron chi connectivity index (χ1n) is 17.7. The molecule has 0 unspecified atom stereocenters. The van der Waals surface area contributed by atoms with Gasteiger partial charge in [-0.25, -0.2) is 0 Å². The minimum atomic E-state index is -0.567. The number of hydrogen-bond acceptors (Lipinski definition) is 0. The zero-order valence-electron chi connectivity index (χ0n) is 31.2. The minimum Gasteiger partial charge on any atom is -0.0616 e. The van der Waals surface area contributed by atoms with Crippen LogP contribution < -0.4 is 0 Å². The second-order valence-corrected chi connectivity index (χ2v) is 10.1. The van der Waals surface area contributed by atoms with Gasteiger partial charge in [-0.2, -0.15) is 0 Å². The quantitative estimate of drug-likeness (QED) is 0.162. The zero-order valence-corrected chi connectivity index (χ0v) is 20.2. The Bertz CT molecular complexity index is 2660. The number of hydrogen-bond donors (Lipinski definition) is 0. The van der Waals surface area contributed by atoms with Crippen molar-refractivity contribution in [3.63, 3.8) is 0 Å². The number of rotatable bonds is 1. The summed E-state index contributed by atoms with van der Waals surface area (Å²) in [7, 11) is 0. The Kier molecular flexibility index (Phi) is 2.51. The SMILES string of the molecule is [2H]c1c([2H])c([2H])c2c([2H])c3c(c([2H])c([2H])c4c([2H])c([2H])c([2H])c([2H])c43)c(-c3ccc4c(c3)C(C)(C)c3cc5ccccc5cc3-4)c2c1[2H]. The fourth-order valence-electron chi connectivity index (χ4n) is 5.93. The Labute approximate surface area is 232 Å². The fraction of sp³-hybridized carbons (Fsp3) is 0.0811. The molecule has 0 N–H and O–H groups in total. The summed E-state index contributed by atoms with van der Waals surface area (Å²) in [5.74, 6) is 0. The highest BCUT2D eigenvalue weighted by Gasteiger charge is 2.36. The average molecular weight is 482 g/mol. The van der Waals surface area contributed by atoms with Gasteiger partial charge in [0, 0.05) is 5.41 Å². The van der Waals surface area contributed by atoms with Gasteiger partial charge in [-0.15, -0.1) is 0 Å². The Hall–Kier alpha value is -4.42. The standard InChI is InChI=1S/C37H26/c1-37(2)34-22-27(16-17-30(34)33-19-24-10-3-4-11-25(24)21-35(33)37)36-29-14-8-6-12-26(29)20-32-28-13-7-5-9-23(28)15-18-31(32)36/h3-22H,1-2H3/i5D,6D,7D,8D,9D,12D,13D,14D,15D,18D,20D. The molecule has 0 aliphatic heterocycles. The van der Waals surface area contributed by atoms with Crippen molar-refractivity contribution < 1.29 is 15.1 Å². The Morgan fingerprint density at radius 3 is 2.08 bits per heavy atom. The third-order valence-electron chi connectivity index (χ3n) is 7.77. The van der Waals surface area contributed by atoms with Crippen LogP contribution in [-0.2, 0) is 5.41 Å². The molecule has 37 heavy (non-hydrogen) atoms. The highest BCUT2D eigenvalue weighted by Crippen LogP contribution is 2.51. The van der Waals surface area contributed by atoms with Gasteiger partial charge in [-0.1, -0.05) is 111 Å². The summed E-state index contributed by atoms with van der Waals surface area (Å²) in [4.78, 5) is 0. The Morgan fingerprint density at radius 1 is 0.541 bits per heavy atom. The monoisotopic (exact) mass is 481 g/mol. The lowest BCUT2D eigenvalue weighted by Gasteiger charge is -2.23. The molecule has 0 heterocycles. The molecule has 0 radical (unpaired) electrons. The van der Waals surface area contributed by atoms with E-state index >= 15 is 0 Å². The van der Waals surface area contributed by atoms with Crippen LogP contribution in [0.3, 0.4) is 0 Å². The van der Waals surface area contributed by atoms with Crippen LogP contribution in [0.2, 0.25) is 0 Å². The smallest absolute Gasteiger partial charge is 0.0616 e. The highest BCUT2D eigenvalue weighted by molar-refractivity contribution is 6.20. The normalized spacial score (nSPS) is 18.1. The summed E-state index contributed by atoms with van der Waals surface area (Å²) < 4.78 is 96.6. The molecular weight excluding hydrogens is 444 g/mol. The van der Waals surface area contributed by atoms with E-state index in [-0.39, 0.29) is 43.9 Å². The summed E-state index contributed by atoms with van der Waals surface area (Å²) >= 11 is 0. The average Bonchev–Trinajstić information content (AvgIpc) is 3.29. The number of benzene rings is 7. The predicted octanol–water partition coefficient (Wildman–Crippen LogP) is 10.3. The van der Waals surface area contributed by atoms with E-state index in [0.717, 1.165) is 33.0 Å². The second kappa shape index (κ2) is 7.31. The molecule has 0 nitrogen and oxygen atoms in total. The van der Waals surface area contributed by atoms with Crippen LogP contribution in [0.5, 0.6) is 0 Å². The maximum atomic E-state index is 9.34. The molecule has 0 spiro atoms. The molecule has 7 aromatic rings. The highest BCUT2D eigenvalue weighted by atomic mass is 14.4. The Balaban J connectivity index is 1.60. The molecule has 0 bridgehead atoms. The molecule has 0 amide bonds. The van der Waals surface area contributed by atoms with E-state index in [9.17, 15) is 2.74 Å². The molecule has 0 aromatic heterocycles. The van der Waals surface area contributed by atoms with Crippen molar-refractivity contribution in [2.75, 3.05) is 0 Å². The summed E-state index contributed by atoms with van der Waals surface area (Å²) in [5, 5.41) is 1.73. The first-order chi connectivity index (χ1) is 22.7. The Morgan fingerprint density at radius 2 is 1.24 bits per heavy atom. The molecule has 0 atom stereocenters. The maximum absolute atomic E-state index is 9.34. The summed E-state index contributed by atoms with van der Waals surface area (Å²) in [6, 6.07) is 13.0. The van der Waals surface area contributed by atoms with Crippen LogP contribution in [0, 0.1) is 0 Å². The summed E-state index contributed by atoms with van der Waals surface area (Å²) in [5.41, 5.74) is 4.42. The van der Waals surface area contributed by atoms with E-state index in [4.69, 9.17) is 12.3 Å². The lowest BCUT2D eigenvalue weighted by Crippen LogP contribution is -2.15. The molecule has 0 fully saturated rings. The van der Waals surface area contributed by atoms with E-state index in [1.165, 1.54) is 0 Å². The van der Waals surface area contributed by atoms with Crippen LogP contribution in [-0.4, -0.2) is 0 Å². The van der Waals surface area contributed by atoms with Gasteiger partial charge in [-0.3, -0.25) is 0 Å². The van der Waals surface area contributed by atoms with Gasteiger partial charge in [0.05, 0.1) is 15.1 Å². The van der Waals surface area contributed by atoms with Crippen LogP contribution in [0.1, 0.15) is 40.1 Å². The molecule has 8 rings (SSSR count). The van der Waals surface area contributed by atoms with Gasteiger partial charge in [0.1, 0.15) is 0 Å². The van der Waals surface area contributed by atoms with Crippen LogP contribution in [0.25, 0.3) is 65.3 Å². The molecule has 0 heteroatoms. The van der Waals surface area contributed by atoms with Gasteiger partial charge in [0.2, 0.25) is 0 Å². The first kappa shape index (κ1) is 12.7. The molecular formula is C37H26. The van der Waals surface area contributed by atoms with Crippen LogP contribution in [0.4, 0.5) is 0 Å². The van der Waals surface area contributed by atoms with E-state index < -0.39 is 65.8 Å². The maximum Gasteiger partial charge on any atom is 0.0636 e. The second-order valence-electron chi connectivity index (χ2n) is 10.1. The van der Waals surface area contributed by atoms with Gasteiger partial charge in [0.25, 0.3) is 0 Å². The van der Waals surface area contributed by atoms with Gasteiger partial charge in [-0.05, 0) is 101 Å². The number of fused-ring (bicyclic) bond motifs is 8. The molecule has 0 saturated carbocycles. The van der Waals surface area contributed by atoms with Gasteiger partial charge in [0.15, 0.2) is 0 Å². The summed E-state index contributed by atoms with van der Waals surface area (Å²) in [6.07, 6.45) is 0. The topological polar surface area (TPSA) is 0 Å². The van der Waals surface area contributed by atoms with Crippen molar-refractivity contribution in [3.8, 4) is 22.3 Å². The molecule has 1 aliphatic rings. The fourth-order valence-corrected chi connectivity index (χ4v) is 5.93.